The SMILES string of the molecule is COc1cc(C2C(=C(O)c3ccc(Cl)cc3)C(=O)C(=O)N2c2nc3ccc(C)cc3s2)cc(OC)c1OC. The molecule has 2 heterocycles. The number of hydrogen-bond donors (Lipinski definition) is 1. The third-order valence-electron chi connectivity index (χ3n) is 6.30. The Balaban J connectivity index is 1.78. The van der Waals surface area contributed by atoms with E-state index in [-0.39, 0.29) is 11.3 Å². The first-order chi connectivity index (χ1) is 18.3. The number of aromatic nitrogens is 1. The van der Waals surface area contributed by atoms with Gasteiger partial charge in [0.05, 0.1) is 43.2 Å². The molecule has 1 fully saturated rings. The molecule has 8 nitrogen and oxygen atoms in total. The van der Waals surface area contributed by atoms with Gasteiger partial charge in [-0.3, -0.25) is 14.5 Å². The predicted octanol–water partition coefficient (Wildman–Crippen LogP) is 5.91. The summed E-state index contributed by atoms with van der Waals surface area (Å²) >= 11 is 7.31. The molecule has 5 rings (SSSR count). The lowest BCUT2D eigenvalue weighted by Crippen LogP contribution is -2.29. The molecule has 38 heavy (non-hydrogen) atoms. The fourth-order valence-electron chi connectivity index (χ4n) is 4.49. The second kappa shape index (κ2) is 10.00. The number of hydrogen-bond acceptors (Lipinski definition) is 8. The zero-order chi connectivity index (χ0) is 27.1. The standard InChI is InChI=1S/C28H23ClN2O6S/c1-14-5-10-18-21(11-14)38-28(30-18)31-23(16-12-19(35-2)26(37-4)20(13-16)36-3)22(25(33)27(31)34)24(32)15-6-8-17(29)9-7-15/h5-13,23,32H,1-4H3. The van der Waals surface area contributed by atoms with Crippen LogP contribution >= 0.6 is 22.9 Å². The van der Waals surface area contributed by atoms with E-state index in [4.69, 9.17) is 25.8 Å². The first-order valence-corrected chi connectivity index (χ1v) is 12.7. The van der Waals surface area contributed by atoms with Crippen LogP contribution in [0.4, 0.5) is 5.13 Å². The summed E-state index contributed by atoms with van der Waals surface area (Å²) in [7, 11) is 4.43. The van der Waals surface area contributed by atoms with E-state index in [2.05, 4.69) is 4.98 Å². The molecule has 10 heteroatoms. The number of carbonyl (C=O) groups is 2. The molecule has 1 aliphatic rings. The second-order valence-electron chi connectivity index (χ2n) is 8.60. The number of nitrogens with zero attached hydrogens (tertiary/aromatic N) is 2. The summed E-state index contributed by atoms with van der Waals surface area (Å²) in [6.07, 6.45) is 0. The molecule has 4 aromatic rings. The van der Waals surface area contributed by atoms with Crippen molar-refractivity contribution in [2.75, 3.05) is 26.2 Å². The van der Waals surface area contributed by atoms with Crippen molar-refractivity contribution >= 4 is 55.7 Å². The third kappa shape index (κ3) is 4.23. The van der Waals surface area contributed by atoms with Gasteiger partial charge in [0.1, 0.15) is 5.76 Å². The van der Waals surface area contributed by atoms with E-state index in [0.29, 0.717) is 44.0 Å². The topological polar surface area (TPSA) is 98.2 Å². The van der Waals surface area contributed by atoms with E-state index in [1.165, 1.54) is 37.6 Å². The van der Waals surface area contributed by atoms with Crippen molar-refractivity contribution in [1.82, 2.24) is 4.98 Å². The fourth-order valence-corrected chi connectivity index (χ4v) is 5.71. The molecule has 1 aromatic heterocycles. The van der Waals surface area contributed by atoms with Crippen molar-refractivity contribution in [3.8, 4) is 17.2 Å². The molecule has 0 spiro atoms. The summed E-state index contributed by atoms with van der Waals surface area (Å²) in [5.74, 6) is -0.971. The molecule has 3 aromatic carbocycles. The largest absolute Gasteiger partial charge is 0.507 e. The van der Waals surface area contributed by atoms with Crippen LogP contribution < -0.4 is 19.1 Å². The number of fused-ring (bicyclic) bond motifs is 1. The Morgan fingerprint density at radius 3 is 2.24 bits per heavy atom. The van der Waals surface area contributed by atoms with Crippen molar-refractivity contribution in [2.45, 2.75) is 13.0 Å². The van der Waals surface area contributed by atoms with Crippen LogP contribution in [0.2, 0.25) is 5.02 Å². The summed E-state index contributed by atoms with van der Waals surface area (Å²) in [5.41, 5.74) is 2.44. The number of aliphatic hydroxyl groups is 1. The van der Waals surface area contributed by atoms with E-state index in [1.807, 2.05) is 25.1 Å². The van der Waals surface area contributed by atoms with Gasteiger partial charge in [-0.05, 0) is 66.6 Å². The van der Waals surface area contributed by atoms with Gasteiger partial charge in [-0.2, -0.15) is 0 Å². The second-order valence-corrected chi connectivity index (χ2v) is 10.0. The van der Waals surface area contributed by atoms with E-state index in [9.17, 15) is 14.7 Å². The average molecular weight is 551 g/mol. The average Bonchev–Trinajstić information content (AvgIpc) is 3.45. The summed E-state index contributed by atoms with van der Waals surface area (Å²) in [6.45, 7) is 1.97. The number of amides is 1. The molecule has 1 N–H and O–H groups in total. The summed E-state index contributed by atoms with van der Waals surface area (Å²) < 4.78 is 17.4. The smallest absolute Gasteiger partial charge is 0.301 e. The molecule has 0 radical (unpaired) electrons. The van der Waals surface area contributed by atoms with Crippen molar-refractivity contribution in [3.05, 3.63) is 81.9 Å². The molecule has 1 unspecified atom stereocenters. The number of carbonyl (C=O) groups excluding carboxylic acids is 2. The van der Waals surface area contributed by atoms with E-state index in [0.717, 1.165) is 10.3 Å². The van der Waals surface area contributed by atoms with Gasteiger partial charge in [0.2, 0.25) is 5.75 Å². The van der Waals surface area contributed by atoms with Crippen LogP contribution in [0.25, 0.3) is 16.0 Å². The number of aliphatic hydroxyl groups excluding tert-OH is 1. The Hall–Kier alpha value is -4.08. The first-order valence-electron chi connectivity index (χ1n) is 11.5. The molecule has 194 valence electrons. The highest BCUT2D eigenvalue weighted by molar-refractivity contribution is 7.22. The monoisotopic (exact) mass is 550 g/mol. The maximum atomic E-state index is 13.6. The number of ether oxygens (including phenoxy) is 3. The number of rotatable bonds is 6. The number of benzene rings is 3. The Kier molecular flexibility index (Phi) is 6.73. The molecular weight excluding hydrogens is 528 g/mol. The summed E-state index contributed by atoms with van der Waals surface area (Å²) in [4.78, 5) is 33.0. The zero-order valence-electron chi connectivity index (χ0n) is 20.9. The summed E-state index contributed by atoms with van der Waals surface area (Å²) in [6, 6.07) is 14.4. The van der Waals surface area contributed by atoms with Crippen molar-refractivity contribution < 1.29 is 28.9 Å². The number of Topliss-reactive ketones (excluding diaryl/α,β-unsaturated/α-hetero) is 1. The van der Waals surface area contributed by atoms with E-state index < -0.39 is 17.7 Å². The normalized spacial score (nSPS) is 16.8. The minimum atomic E-state index is -1.03. The molecule has 0 bridgehead atoms. The Morgan fingerprint density at radius 2 is 1.63 bits per heavy atom. The lowest BCUT2D eigenvalue weighted by atomic mass is 9.95. The van der Waals surface area contributed by atoms with Crippen molar-refractivity contribution in [1.29, 1.82) is 0 Å². The molecular formula is C28H23ClN2O6S. The molecule has 0 saturated carbocycles. The number of thiazole rings is 1. The van der Waals surface area contributed by atoms with Crippen LogP contribution in [-0.4, -0.2) is 43.1 Å². The van der Waals surface area contributed by atoms with Crippen molar-refractivity contribution in [3.63, 3.8) is 0 Å². The lowest BCUT2D eigenvalue weighted by molar-refractivity contribution is -0.132. The highest BCUT2D eigenvalue weighted by atomic mass is 35.5. The number of methoxy groups -OCH3 is 3. The predicted molar refractivity (Wildman–Crippen MR) is 147 cm³/mol. The minimum Gasteiger partial charge on any atom is -0.507 e. The van der Waals surface area contributed by atoms with Crippen LogP contribution in [0.5, 0.6) is 17.2 Å². The van der Waals surface area contributed by atoms with Gasteiger partial charge in [-0.1, -0.05) is 29.0 Å². The van der Waals surface area contributed by atoms with Crippen LogP contribution in [0.3, 0.4) is 0 Å². The quantitative estimate of drug-likeness (QED) is 0.181. The summed E-state index contributed by atoms with van der Waals surface area (Å²) in [5, 5.41) is 12.1. The molecule has 1 saturated heterocycles. The van der Waals surface area contributed by atoms with Crippen LogP contribution in [0.15, 0.2) is 60.2 Å². The van der Waals surface area contributed by atoms with Gasteiger partial charge in [0.15, 0.2) is 16.6 Å². The maximum Gasteiger partial charge on any atom is 0.301 e. The number of aryl methyl sites for hydroxylation is 1. The Labute approximate surface area is 227 Å². The first kappa shape index (κ1) is 25.6. The highest BCUT2D eigenvalue weighted by Crippen LogP contribution is 2.48. The lowest BCUT2D eigenvalue weighted by Gasteiger charge is -2.24. The third-order valence-corrected chi connectivity index (χ3v) is 7.57. The van der Waals surface area contributed by atoms with E-state index in [1.54, 1.807) is 36.4 Å². The fraction of sp³-hybridized carbons (Fsp3) is 0.179. The van der Waals surface area contributed by atoms with Gasteiger partial charge in [0.25, 0.3) is 5.78 Å². The molecule has 1 atom stereocenters. The zero-order valence-corrected chi connectivity index (χ0v) is 22.5. The number of anilines is 1. The maximum absolute atomic E-state index is 13.6. The minimum absolute atomic E-state index is 0.0953. The Bertz CT molecular complexity index is 1590. The van der Waals surface area contributed by atoms with Gasteiger partial charge in [-0.15, -0.1) is 0 Å². The van der Waals surface area contributed by atoms with Crippen LogP contribution in [0, 0.1) is 6.92 Å². The molecule has 1 amide bonds. The highest BCUT2D eigenvalue weighted by Gasteiger charge is 2.48. The van der Waals surface area contributed by atoms with Crippen LogP contribution in [0.1, 0.15) is 22.7 Å². The number of ketones is 1. The van der Waals surface area contributed by atoms with Gasteiger partial charge in [0, 0.05) is 10.6 Å². The Morgan fingerprint density at radius 1 is 0.974 bits per heavy atom. The molecule has 0 aliphatic carbocycles. The van der Waals surface area contributed by atoms with Gasteiger partial charge in [-0.25, -0.2) is 4.98 Å². The van der Waals surface area contributed by atoms with Crippen molar-refractivity contribution in [2.24, 2.45) is 0 Å². The number of halogens is 1. The van der Waals surface area contributed by atoms with Crippen LogP contribution in [-0.2, 0) is 9.59 Å². The van der Waals surface area contributed by atoms with E-state index >= 15 is 0 Å². The molecule has 1 aliphatic heterocycles. The van der Waals surface area contributed by atoms with Gasteiger partial charge < -0.3 is 19.3 Å². The van der Waals surface area contributed by atoms with Gasteiger partial charge >= 0.3 is 5.91 Å².